The number of carboxylic acid groups (broad SMARTS) is 1. The van der Waals surface area contributed by atoms with Crippen LogP contribution in [0, 0.1) is 0 Å². The predicted molar refractivity (Wildman–Crippen MR) is 54.3 cm³/mol. The zero-order valence-corrected chi connectivity index (χ0v) is 9.42. The summed E-state index contributed by atoms with van der Waals surface area (Å²) < 4.78 is 77.4. The molecule has 4 nitrogen and oxygen atoms in total. The Morgan fingerprint density at radius 1 is 1.15 bits per heavy atom. The van der Waals surface area contributed by atoms with Crippen molar-refractivity contribution >= 4 is 11.7 Å². The molecule has 10 heteroatoms. The van der Waals surface area contributed by atoms with Gasteiger partial charge in [-0.25, -0.2) is 4.79 Å². The second kappa shape index (κ2) is 5.10. The molecule has 0 aromatic heterocycles. The lowest BCUT2D eigenvalue weighted by molar-refractivity contribution is -0.299. The van der Waals surface area contributed by atoms with Gasteiger partial charge in [0, 0.05) is 0 Å². The van der Waals surface area contributed by atoms with Crippen molar-refractivity contribution in [1.82, 2.24) is 0 Å². The van der Waals surface area contributed by atoms with Crippen LogP contribution in [0.2, 0.25) is 0 Å². The second-order valence-electron chi connectivity index (χ2n) is 3.64. The molecule has 0 saturated heterocycles. The summed E-state index contributed by atoms with van der Waals surface area (Å²) in [4.78, 5) is 10.5. The number of rotatable bonds is 3. The molecule has 0 atom stereocenters. The highest BCUT2D eigenvalue weighted by Crippen LogP contribution is 2.37. The van der Waals surface area contributed by atoms with Gasteiger partial charge in [-0.1, -0.05) is 0 Å². The third-order valence-corrected chi connectivity index (χ3v) is 2.10. The first-order valence-electron chi connectivity index (χ1n) is 4.86. The summed E-state index contributed by atoms with van der Waals surface area (Å²) in [6.45, 7) is 0. The summed E-state index contributed by atoms with van der Waals surface area (Å²) in [5.74, 6) is -2.35. The van der Waals surface area contributed by atoms with Crippen molar-refractivity contribution in [2.75, 3.05) is 5.73 Å². The standard InChI is InChI=1S/C10H7F6NO3/c11-9(12,13)8(10(14,15)16)20-6-2-1-4(7(18)19)3-5(6)17/h1-3,8H,17H2,(H,18,19). The minimum atomic E-state index is -5.68. The number of anilines is 1. The van der Waals surface area contributed by atoms with Crippen LogP contribution >= 0.6 is 0 Å². The van der Waals surface area contributed by atoms with Crippen molar-refractivity contribution in [1.29, 1.82) is 0 Å². The number of ether oxygens (including phenoxy) is 1. The molecule has 0 aliphatic heterocycles. The van der Waals surface area contributed by atoms with E-state index in [1.807, 2.05) is 0 Å². The molecule has 0 bridgehead atoms. The zero-order valence-electron chi connectivity index (χ0n) is 9.42. The van der Waals surface area contributed by atoms with Gasteiger partial charge in [0.1, 0.15) is 5.75 Å². The molecule has 0 spiro atoms. The first kappa shape index (κ1) is 15.9. The minimum absolute atomic E-state index is 0.398. The van der Waals surface area contributed by atoms with Crippen molar-refractivity contribution in [3.8, 4) is 5.75 Å². The van der Waals surface area contributed by atoms with E-state index >= 15 is 0 Å². The molecule has 0 radical (unpaired) electrons. The molecule has 0 saturated carbocycles. The van der Waals surface area contributed by atoms with Crippen LogP contribution in [0.25, 0.3) is 0 Å². The van der Waals surface area contributed by atoms with Gasteiger partial charge >= 0.3 is 18.3 Å². The monoisotopic (exact) mass is 303 g/mol. The molecular formula is C10H7F6NO3. The summed E-state index contributed by atoms with van der Waals surface area (Å²) in [5, 5.41) is 8.58. The van der Waals surface area contributed by atoms with Crippen LogP contribution in [-0.2, 0) is 0 Å². The van der Waals surface area contributed by atoms with Crippen LogP contribution in [0.5, 0.6) is 5.75 Å². The first-order chi connectivity index (χ1) is 8.93. The average molecular weight is 303 g/mol. The average Bonchev–Trinajstić information content (AvgIpc) is 2.23. The number of alkyl halides is 6. The van der Waals surface area contributed by atoms with Crippen LogP contribution in [0.4, 0.5) is 32.0 Å². The van der Waals surface area contributed by atoms with Crippen LogP contribution in [-0.4, -0.2) is 29.5 Å². The van der Waals surface area contributed by atoms with Crippen LogP contribution < -0.4 is 10.5 Å². The van der Waals surface area contributed by atoms with E-state index in [4.69, 9.17) is 10.8 Å². The number of benzene rings is 1. The Labute approximate surface area is 107 Å². The molecule has 20 heavy (non-hydrogen) atoms. The molecule has 3 N–H and O–H groups in total. The van der Waals surface area contributed by atoms with E-state index in [1.165, 1.54) is 0 Å². The minimum Gasteiger partial charge on any atom is -0.478 e. The number of hydrogen-bond acceptors (Lipinski definition) is 3. The maximum absolute atomic E-state index is 12.3. The Morgan fingerprint density at radius 3 is 2.00 bits per heavy atom. The lowest BCUT2D eigenvalue weighted by atomic mass is 10.2. The van der Waals surface area contributed by atoms with Gasteiger partial charge < -0.3 is 15.6 Å². The molecular weight excluding hydrogens is 296 g/mol. The summed E-state index contributed by atoms with van der Waals surface area (Å²) >= 11 is 0. The molecule has 1 rings (SSSR count). The Balaban J connectivity index is 3.10. The highest BCUT2D eigenvalue weighted by atomic mass is 19.4. The van der Waals surface area contributed by atoms with Gasteiger partial charge in [-0.15, -0.1) is 0 Å². The lowest BCUT2D eigenvalue weighted by Crippen LogP contribution is -2.46. The number of halogens is 6. The number of hydrogen-bond donors (Lipinski definition) is 2. The predicted octanol–water partition coefficient (Wildman–Crippen LogP) is 2.84. The van der Waals surface area contributed by atoms with Crippen LogP contribution in [0.1, 0.15) is 10.4 Å². The van der Waals surface area contributed by atoms with Gasteiger partial charge in [0.05, 0.1) is 11.3 Å². The third-order valence-electron chi connectivity index (χ3n) is 2.10. The molecule has 0 unspecified atom stereocenters. The number of nitrogen functional groups attached to an aromatic ring is 1. The van der Waals surface area contributed by atoms with E-state index in [1.54, 1.807) is 0 Å². The Morgan fingerprint density at radius 2 is 1.65 bits per heavy atom. The highest BCUT2D eigenvalue weighted by molar-refractivity contribution is 5.89. The summed E-state index contributed by atoms with van der Waals surface area (Å²) in [6, 6.07) is 2.10. The highest BCUT2D eigenvalue weighted by Gasteiger charge is 2.59. The summed E-state index contributed by atoms with van der Waals surface area (Å²) in [7, 11) is 0. The fourth-order valence-electron chi connectivity index (χ4n) is 1.23. The van der Waals surface area contributed by atoms with Crippen molar-refractivity contribution in [3.63, 3.8) is 0 Å². The van der Waals surface area contributed by atoms with Gasteiger partial charge in [0.15, 0.2) is 0 Å². The van der Waals surface area contributed by atoms with E-state index in [9.17, 15) is 31.1 Å². The quantitative estimate of drug-likeness (QED) is 0.665. The van der Waals surface area contributed by atoms with Gasteiger partial charge in [0.2, 0.25) is 0 Å². The Kier molecular flexibility index (Phi) is 4.06. The Hall–Kier alpha value is -2.13. The topological polar surface area (TPSA) is 72.6 Å². The van der Waals surface area contributed by atoms with Crippen LogP contribution in [0.3, 0.4) is 0 Å². The van der Waals surface area contributed by atoms with Crippen molar-refractivity contribution in [3.05, 3.63) is 23.8 Å². The maximum atomic E-state index is 12.3. The van der Waals surface area contributed by atoms with Gasteiger partial charge in [0.25, 0.3) is 6.10 Å². The van der Waals surface area contributed by atoms with Crippen LogP contribution in [0.15, 0.2) is 18.2 Å². The summed E-state index contributed by atoms with van der Waals surface area (Å²) in [6.07, 6.45) is -15.4. The zero-order chi connectivity index (χ0) is 15.7. The number of nitrogens with two attached hydrogens (primary N) is 1. The van der Waals surface area contributed by atoms with E-state index in [0.29, 0.717) is 12.1 Å². The van der Waals surface area contributed by atoms with Crippen molar-refractivity contribution in [2.24, 2.45) is 0 Å². The van der Waals surface area contributed by atoms with E-state index in [0.717, 1.165) is 6.07 Å². The molecule has 1 aromatic carbocycles. The van der Waals surface area contributed by atoms with E-state index < -0.39 is 41.4 Å². The first-order valence-corrected chi connectivity index (χ1v) is 4.86. The SMILES string of the molecule is Nc1cc(C(=O)O)ccc1OC(C(F)(F)F)C(F)(F)F. The van der Waals surface area contributed by atoms with Gasteiger partial charge in [-0.2, -0.15) is 26.3 Å². The Bertz CT molecular complexity index is 497. The lowest BCUT2D eigenvalue weighted by Gasteiger charge is -2.24. The number of aromatic carboxylic acids is 1. The fourth-order valence-corrected chi connectivity index (χ4v) is 1.23. The van der Waals surface area contributed by atoms with Crippen molar-refractivity contribution < 1.29 is 41.0 Å². The van der Waals surface area contributed by atoms with Crippen molar-refractivity contribution in [2.45, 2.75) is 18.5 Å². The van der Waals surface area contributed by atoms with E-state index in [-0.39, 0.29) is 0 Å². The molecule has 0 aliphatic carbocycles. The van der Waals surface area contributed by atoms with E-state index in [2.05, 4.69) is 4.74 Å². The largest absolute Gasteiger partial charge is 0.478 e. The molecule has 0 fully saturated rings. The number of carboxylic acids is 1. The van der Waals surface area contributed by atoms with Gasteiger partial charge in [-0.05, 0) is 18.2 Å². The molecule has 0 aliphatic rings. The second-order valence-corrected chi connectivity index (χ2v) is 3.64. The summed E-state index contributed by atoms with van der Waals surface area (Å²) in [5.41, 5.74) is 4.12. The maximum Gasteiger partial charge on any atom is 0.434 e. The third kappa shape index (κ3) is 3.68. The smallest absolute Gasteiger partial charge is 0.434 e. The fraction of sp³-hybridized carbons (Fsp3) is 0.300. The molecule has 0 heterocycles. The molecule has 112 valence electrons. The molecule has 0 amide bonds. The molecule has 1 aromatic rings. The number of carbonyl (C=O) groups is 1. The normalized spacial score (nSPS) is 12.6. The van der Waals surface area contributed by atoms with Gasteiger partial charge in [-0.3, -0.25) is 0 Å².